The summed E-state index contributed by atoms with van der Waals surface area (Å²) in [6.07, 6.45) is 7.85. The molecule has 1 aromatic carbocycles. The number of hydrogen-bond donors (Lipinski definition) is 1. The van der Waals surface area contributed by atoms with Crippen LogP contribution in [0.4, 0.5) is 0 Å². The van der Waals surface area contributed by atoms with Crippen LogP contribution >= 0.6 is 0 Å². The summed E-state index contributed by atoms with van der Waals surface area (Å²) in [7, 11) is -4.12. The van der Waals surface area contributed by atoms with Gasteiger partial charge in [-0.3, -0.25) is 0 Å². The van der Waals surface area contributed by atoms with Gasteiger partial charge in [-0.25, -0.2) is 13.2 Å². The van der Waals surface area contributed by atoms with Crippen LogP contribution in [-0.4, -0.2) is 37.5 Å². The number of benzene rings is 1. The van der Waals surface area contributed by atoms with Crippen LogP contribution in [-0.2, 0) is 14.6 Å². The highest BCUT2D eigenvalue weighted by Crippen LogP contribution is 2.29. The predicted molar refractivity (Wildman–Crippen MR) is 118 cm³/mol. The molecule has 0 heterocycles. The lowest BCUT2D eigenvalue weighted by molar-refractivity contribution is -0.131. The van der Waals surface area contributed by atoms with Gasteiger partial charge >= 0.3 is 5.97 Å². The number of aliphatic carboxylic acids is 1. The van der Waals surface area contributed by atoms with E-state index >= 15 is 0 Å². The minimum atomic E-state index is -4.12. The number of carboxylic acids is 1. The van der Waals surface area contributed by atoms with Crippen LogP contribution in [0, 0.1) is 5.92 Å². The summed E-state index contributed by atoms with van der Waals surface area (Å²) in [5, 5.41) is 9.90. The molecule has 1 rings (SSSR count). The van der Waals surface area contributed by atoms with Crippen molar-refractivity contribution < 1.29 is 18.3 Å². The van der Waals surface area contributed by atoms with E-state index in [9.17, 15) is 18.3 Å². The first-order chi connectivity index (χ1) is 13.8. The van der Waals surface area contributed by atoms with Crippen LogP contribution in [0.25, 0.3) is 0 Å². The summed E-state index contributed by atoms with van der Waals surface area (Å²) in [6.45, 7) is 9.73. The van der Waals surface area contributed by atoms with Crippen LogP contribution in [0.15, 0.2) is 58.0 Å². The Morgan fingerprint density at radius 2 is 1.72 bits per heavy atom. The predicted octanol–water partition coefficient (Wildman–Crippen LogP) is 5.26. The Morgan fingerprint density at radius 1 is 1.10 bits per heavy atom. The van der Waals surface area contributed by atoms with Crippen molar-refractivity contribution in [3.63, 3.8) is 0 Å². The lowest BCUT2D eigenvalue weighted by Crippen LogP contribution is -2.18. The van der Waals surface area contributed by atoms with Crippen LogP contribution in [0.5, 0.6) is 0 Å². The first kappa shape index (κ1) is 25.0. The zero-order valence-electron chi connectivity index (χ0n) is 18.1. The van der Waals surface area contributed by atoms with Gasteiger partial charge in [0.2, 0.25) is 9.84 Å². The van der Waals surface area contributed by atoms with Crippen LogP contribution in [0.3, 0.4) is 0 Å². The average molecular weight is 422 g/mol. The highest BCUT2D eigenvalue weighted by molar-refractivity contribution is 7.96. The summed E-state index contributed by atoms with van der Waals surface area (Å²) < 4.78 is 26.4. The van der Waals surface area contributed by atoms with E-state index in [1.54, 1.807) is 24.3 Å². The molecule has 29 heavy (non-hydrogen) atoms. The first-order valence-corrected chi connectivity index (χ1v) is 12.0. The normalized spacial score (nSPS) is 13.9. The van der Waals surface area contributed by atoms with Crippen molar-refractivity contribution in [3.8, 4) is 0 Å². The second-order valence-corrected chi connectivity index (χ2v) is 9.02. The van der Waals surface area contributed by atoms with Gasteiger partial charge in [0.25, 0.3) is 0 Å². The largest absolute Gasteiger partial charge is 0.477 e. The van der Waals surface area contributed by atoms with Crippen LogP contribution in [0.1, 0.15) is 59.8 Å². The van der Waals surface area contributed by atoms with Crippen molar-refractivity contribution in [2.75, 3.05) is 13.1 Å². The molecule has 6 heteroatoms. The number of unbranched alkanes of at least 4 members (excludes halogenated alkanes) is 1. The molecule has 0 aliphatic rings. The van der Waals surface area contributed by atoms with Crippen LogP contribution < -0.4 is 0 Å². The maximum Gasteiger partial charge on any atom is 0.348 e. The molecule has 0 aromatic heterocycles. The molecule has 0 fully saturated rings. The van der Waals surface area contributed by atoms with Gasteiger partial charge in [0.15, 0.2) is 4.91 Å². The molecule has 1 atom stereocenters. The summed E-state index contributed by atoms with van der Waals surface area (Å²) in [6, 6.07) is 7.81. The third-order valence-electron chi connectivity index (χ3n) is 5.16. The minimum Gasteiger partial charge on any atom is -0.477 e. The van der Waals surface area contributed by atoms with Crippen molar-refractivity contribution in [1.82, 2.24) is 4.90 Å². The molecule has 0 aliphatic carbocycles. The number of sulfone groups is 1. The minimum absolute atomic E-state index is 0.00717. The van der Waals surface area contributed by atoms with E-state index < -0.39 is 20.7 Å². The Balaban J connectivity index is 3.56. The number of nitrogens with zero attached hydrogens (tertiary/aromatic N) is 1. The van der Waals surface area contributed by atoms with E-state index in [2.05, 4.69) is 13.8 Å². The Labute approximate surface area is 176 Å². The Bertz CT molecular complexity index is 793. The van der Waals surface area contributed by atoms with E-state index in [0.29, 0.717) is 12.0 Å². The summed E-state index contributed by atoms with van der Waals surface area (Å²) in [5.74, 6) is -1.16. The van der Waals surface area contributed by atoms with E-state index in [1.165, 1.54) is 12.1 Å². The van der Waals surface area contributed by atoms with E-state index in [-0.39, 0.29) is 10.8 Å². The van der Waals surface area contributed by atoms with Gasteiger partial charge in [-0.2, -0.15) is 0 Å². The van der Waals surface area contributed by atoms with Gasteiger partial charge in [-0.15, -0.1) is 0 Å². The number of carboxylic acid groups (broad SMARTS) is 1. The fourth-order valence-corrected chi connectivity index (χ4v) is 4.74. The molecule has 0 spiro atoms. The van der Waals surface area contributed by atoms with Crippen molar-refractivity contribution in [3.05, 3.63) is 53.1 Å². The average Bonchev–Trinajstić information content (AvgIpc) is 2.71. The highest BCUT2D eigenvalue weighted by Gasteiger charge is 2.30. The van der Waals surface area contributed by atoms with Gasteiger partial charge in [-0.05, 0) is 56.2 Å². The molecule has 0 aliphatic heterocycles. The number of rotatable bonds is 13. The molecule has 0 amide bonds. The Morgan fingerprint density at radius 3 is 2.21 bits per heavy atom. The van der Waals surface area contributed by atoms with Crippen LogP contribution in [0.2, 0.25) is 0 Å². The Hall–Kier alpha value is -2.08. The van der Waals surface area contributed by atoms with Crippen molar-refractivity contribution in [2.24, 2.45) is 5.92 Å². The molecule has 0 bridgehead atoms. The molecule has 1 N–H and O–H groups in total. The van der Waals surface area contributed by atoms with Gasteiger partial charge in [-0.1, -0.05) is 57.7 Å². The molecular formula is C23H35NO4S. The molecule has 5 nitrogen and oxygen atoms in total. The van der Waals surface area contributed by atoms with Gasteiger partial charge in [0, 0.05) is 13.1 Å². The summed E-state index contributed by atoms with van der Waals surface area (Å²) in [5.41, 5.74) is 0.371. The molecule has 0 radical (unpaired) electrons. The van der Waals surface area contributed by atoms with E-state index in [0.717, 1.165) is 38.8 Å². The molecule has 1 unspecified atom stereocenters. The zero-order chi connectivity index (χ0) is 21.9. The second kappa shape index (κ2) is 12.5. The van der Waals surface area contributed by atoms with Crippen molar-refractivity contribution in [1.29, 1.82) is 0 Å². The van der Waals surface area contributed by atoms with Gasteiger partial charge < -0.3 is 10.0 Å². The fraction of sp³-hybridized carbons (Fsp3) is 0.522. The maximum absolute atomic E-state index is 13.2. The van der Waals surface area contributed by atoms with E-state index in [4.69, 9.17) is 0 Å². The van der Waals surface area contributed by atoms with Crippen molar-refractivity contribution >= 4 is 15.8 Å². The smallest absolute Gasteiger partial charge is 0.348 e. The second-order valence-electron chi connectivity index (χ2n) is 7.13. The lowest BCUT2D eigenvalue weighted by Gasteiger charge is -2.19. The first-order valence-electron chi connectivity index (χ1n) is 10.5. The lowest BCUT2D eigenvalue weighted by atomic mass is 9.91. The van der Waals surface area contributed by atoms with Crippen molar-refractivity contribution in [2.45, 2.75) is 64.7 Å². The topological polar surface area (TPSA) is 74.7 Å². The molecular weight excluding hydrogens is 386 g/mol. The summed E-state index contributed by atoms with van der Waals surface area (Å²) in [4.78, 5) is 13.7. The maximum atomic E-state index is 13.2. The molecule has 0 saturated heterocycles. The number of allylic oxidation sites excluding steroid dienone is 2. The number of carbonyl (C=O) groups is 1. The van der Waals surface area contributed by atoms with E-state index in [1.807, 2.05) is 24.9 Å². The summed E-state index contributed by atoms with van der Waals surface area (Å²) >= 11 is 0. The third kappa shape index (κ3) is 7.35. The molecule has 1 aromatic rings. The molecule has 0 saturated carbocycles. The van der Waals surface area contributed by atoms with Gasteiger partial charge in [0.05, 0.1) is 4.90 Å². The molecule has 162 valence electrons. The zero-order valence-corrected chi connectivity index (χ0v) is 18.9. The fourth-order valence-electron chi connectivity index (χ4n) is 3.26. The SMILES string of the molecule is CCCCC(CC)CC(C=CN(CC)CC)=C(C(=O)O)S(=O)(=O)c1ccccc1. The Kier molecular flexibility index (Phi) is 10.7. The third-order valence-corrected chi connectivity index (χ3v) is 7.03. The van der Waals surface area contributed by atoms with Gasteiger partial charge in [0.1, 0.15) is 0 Å². The quantitative estimate of drug-likeness (QED) is 0.347. The highest BCUT2D eigenvalue weighted by atomic mass is 32.2. The number of hydrogen-bond acceptors (Lipinski definition) is 4. The standard InChI is InChI=1S/C23H35NO4S/c1-5-9-13-19(6-2)18-20(16-17-24(7-3)8-4)22(23(25)26)29(27,28)21-14-11-10-12-15-21/h10-12,14-17,19H,5-9,13,18H2,1-4H3,(H,25,26). The monoisotopic (exact) mass is 421 g/mol.